The van der Waals surface area contributed by atoms with Crippen molar-refractivity contribution in [1.29, 1.82) is 0 Å². The van der Waals surface area contributed by atoms with Gasteiger partial charge in [-0.25, -0.2) is 0 Å². The van der Waals surface area contributed by atoms with E-state index in [9.17, 15) is 4.79 Å². The van der Waals surface area contributed by atoms with Crippen molar-refractivity contribution in [2.24, 2.45) is 0 Å². The summed E-state index contributed by atoms with van der Waals surface area (Å²) in [5, 5.41) is 13.0. The number of nitrogens with zero attached hydrogens (tertiary/aromatic N) is 3. The molecule has 3 aromatic rings. The molecule has 1 aliphatic rings. The van der Waals surface area contributed by atoms with E-state index in [0.717, 1.165) is 23.1 Å². The first-order valence-corrected chi connectivity index (χ1v) is 10.8. The fourth-order valence-electron chi connectivity index (χ4n) is 3.39. The summed E-state index contributed by atoms with van der Waals surface area (Å²) in [6, 6.07) is 17.5. The Morgan fingerprint density at radius 3 is 2.66 bits per heavy atom. The first-order valence-electron chi connectivity index (χ1n) is 9.43. The van der Waals surface area contributed by atoms with Crippen molar-refractivity contribution in [3.8, 4) is 0 Å². The fourth-order valence-corrected chi connectivity index (χ4v) is 4.27. The highest BCUT2D eigenvalue weighted by molar-refractivity contribution is 7.99. The zero-order valence-electron chi connectivity index (χ0n) is 15.8. The Kier molecular flexibility index (Phi) is 6.02. The molecule has 0 saturated heterocycles. The Morgan fingerprint density at radius 1 is 1.17 bits per heavy atom. The van der Waals surface area contributed by atoms with Crippen molar-refractivity contribution in [3.63, 3.8) is 0 Å². The summed E-state index contributed by atoms with van der Waals surface area (Å²) < 4.78 is 2.07. The lowest BCUT2D eigenvalue weighted by molar-refractivity contribution is -0.113. The van der Waals surface area contributed by atoms with E-state index >= 15 is 0 Å². The van der Waals surface area contributed by atoms with Gasteiger partial charge >= 0.3 is 0 Å². The molecule has 1 saturated carbocycles. The van der Waals surface area contributed by atoms with Crippen molar-refractivity contribution >= 4 is 35.0 Å². The number of anilines is 1. The zero-order valence-corrected chi connectivity index (χ0v) is 17.4. The number of carbonyl (C=O) groups excluding carboxylic acids is 1. The van der Waals surface area contributed by atoms with Gasteiger partial charge in [0.1, 0.15) is 5.82 Å². The van der Waals surface area contributed by atoms with Crippen LogP contribution in [0.5, 0.6) is 0 Å². The minimum Gasteiger partial charge on any atom is -0.325 e. The van der Waals surface area contributed by atoms with E-state index in [1.54, 1.807) is 24.3 Å². The summed E-state index contributed by atoms with van der Waals surface area (Å²) in [5.41, 5.74) is 2.05. The van der Waals surface area contributed by atoms with Gasteiger partial charge < -0.3 is 9.88 Å². The molecule has 2 atom stereocenters. The first-order chi connectivity index (χ1) is 14.2. The molecule has 5 nitrogen and oxygen atoms in total. The van der Waals surface area contributed by atoms with Crippen LogP contribution in [0.2, 0.25) is 5.02 Å². The van der Waals surface area contributed by atoms with E-state index in [2.05, 4.69) is 50.9 Å². The van der Waals surface area contributed by atoms with Gasteiger partial charge in [0.05, 0.1) is 5.75 Å². The van der Waals surface area contributed by atoms with Gasteiger partial charge in [-0.3, -0.25) is 4.79 Å². The number of allylic oxidation sites excluding steroid dienone is 1. The molecule has 0 spiro atoms. The lowest BCUT2D eigenvalue weighted by Gasteiger charge is -2.08. The lowest BCUT2D eigenvalue weighted by Crippen LogP contribution is -2.14. The SMILES string of the molecule is C=CCn1c(SCC(=O)Nc2ccc(Cl)cc2)nnc1C1CC1c1ccccc1. The van der Waals surface area contributed by atoms with Crippen LogP contribution in [-0.2, 0) is 11.3 Å². The smallest absolute Gasteiger partial charge is 0.234 e. The molecule has 7 heteroatoms. The second-order valence-electron chi connectivity index (χ2n) is 6.94. The molecule has 1 heterocycles. The minimum atomic E-state index is -0.0967. The molecule has 148 valence electrons. The van der Waals surface area contributed by atoms with Gasteiger partial charge in [0.2, 0.25) is 5.91 Å². The summed E-state index contributed by atoms with van der Waals surface area (Å²) in [7, 11) is 0. The van der Waals surface area contributed by atoms with Crippen LogP contribution in [0.15, 0.2) is 72.4 Å². The zero-order chi connectivity index (χ0) is 20.2. The Bertz CT molecular complexity index is 1000. The van der Waals surface area contributed by atoms with Crippen LogP contribution in [0.4, 0.5) is 5.69 Å². The molecule has 2 aromatic carbocycles. The second-order valence-corrected chi connectivity index (χ2v) is 8.32. The third-order valence-electron chi connectivity index (χ3n) is 4.87. The fraction of sp³-hybridized carbons (Fsp3) is 0.227. The van der Waals surface area contributed by atoms with E-state index < -0.39 is 0 Å². The van der Waals surface area contributed by atoms with Crippen LogP contribution in [0.3, 0.4) is 0 Å². The number of benzene rings is 2. The molecule has 1 fully saturated rings. The molecule has 1 N–H and O–H groups in total. The molecule has 0 radical (unpaired) electrons. The standard InChI is InChI=1S/C22H21ClN4OS/c1-2-12-27-21(19-13-18(19)15-6-4-3-5-7-15)25-26-22(27)29-14-20(28)24-17-10-8-16(23)9-11-17/h2-11,18-19H,1,12-14H2,(H,24,28). The molecular weight excluding hydrogens is 404 g/mol. The summed E-state index contributed by atoms with van der Waals surface area (Å²) in [4.78, 5) is 12.3. The van der Waals surface area contributed by atoms with Gasteiger partial charge in [0.15, 0.2) is 5.16 Å². The highest BCUT2D eigenvalue weighted by Gasteiger charge is 2.43. The monoisotopic (exact) mass is 424 g/mol. The Hall–Kier alpha value is -2.57. The average Bonchev–Trinajstić information content (AvgIpc) is 3.44. The molecule has 1 aliphatic carbocycles. The third kappa shape index (κ3) is 4.71. The van der Waals surface area contributed by atoms with Crippen molar-refractivity contribution in [3.05, 3.63) is 83.7 Å². The van der Waals surface area contributed by atoms with E-state index in [0.29, 0.717) is 23.4 Å². The van der Waals surface area contributed by atoms with Gasteiger partial charge in [-0.2, -0.15) is 0 Å². The molecule has 0 bridgehead atoms. The number of rotatable bonds is 8. The van der Waals surface area contributed by atoms with E-state index in [4.69, 9.17) is 11.6 Å². The first kappa shape index (κ1) is 19.7. The number of amides is 1. The number of hydrogen-bond donors (Lipinski definition) is 1. The summed E-state index contributed by atoms with van der Waals surface area (Å²) in [6.07, 6.45) is 2.91. The topological polar surface area (TPSA) is 59.8 Å². The van der Waals surface area contributed by atoms with Crippen LogP contribution < -0.4 is 5.32 Å². The van der Waals surface area contributed by atoms with E-state index in [-0.39, 0.29) is 11.7 Å². The van der Waals surface area contributed by atoms with E-state index in [1.807, 2.05) is 12.1 Å². The molecule has 1 amide bonds. The largest absolute Gasteiger partial charge is 0.325 e. The summed E-state index contributed by atoms with van der Waals surface area (Å²) >= 11 is 7.26. The van der Waals surface area contributed by atoms with Gasteiger partial charge in [-0.1, -0.05) is 59.8 Å². The number of thioether (sulfide) groups is 1. The van der Waals surface area contributed by atoms with Crippen molar-refractivity contribution in [2.45, 2.75) is 30.0 Å². The number of hydrogen-bond acceptors (Lipinski definition) is 4. The Labute approximate surface area is 179 Å². The molecule has 29 heavy (non-hydrogen) atoms. The van der Waals surface area contributed by atoms with Gasteiger partial charge in [0.25, 0.3) is 0 Å². The average molecular weight is 425 g/mol. The normalized spacial score (nSPS) is 17.7. The summed E-state index contributed by atoms with van der Waals surface area (Å²) in [5.74, 6) is 1.97. The predicted molar refractivity (Wildman–Crippen MR) is 118 cm³/mol. The number of carbonyl (C=O) groups is 1. The molecule has 0 aliphatic heterocycles. The maximum Gasteiger partial charge on any atom is 0.234 e. The van der Waals surface area contributed by atoms with Crippen molar-refractivity contribution < 1.29 is 4.79 Å². The highest BCUT2D eigenvalue weighted by Crippen LogP contribution is 2.54. The van der Waals surface area contributed by atoms with Crippen LogP contribution in [0.1, 0.15) is 29.6 Å². The van der Waals surface area contributed by atoms with Gasteiger partial charge in [0, 0.05) is 23.2 Å². The summed E-state index contributed by atoms with van der Waals surface area (Å²) in [6.45, 7) is 4.48. The molecule has 4 rings (SSSR count). The third-order valence-corrected chi connectivity index (χ3v) is 6.09. The Balaban J connectivity index is 1.41. The number of halogens is 1. The maximum absolute atomic E-state index is 12.3. The van der Waals surface area contributed by atoms with Crippen LogP contribution in [0, 0.1) is 0 Å². The van der Waals surface area contributed by atoms with E-state index in [1.165, 1.54) is 17.3 Å². The molecule has 2 unspecified atom stereocenters. The maximum atomic E-state index is 12.3. The van der Waals surface area contributed by atoms with Crippen molar-refractivity contribution in [1.82, 2.24) is 14.8 Å². The van der Waals surface area contributed by atoms with Crippen LogP contribution >= 0.6 is 23.4 Å². The molecule has 1 aromatic heterocycles. The lowest BCUT2D eigenvalue weighted by atomic mass is 10.1. The van der Waals surface area contributed by atoms with Crippen molar-refractivity contribution in [2.75, 3.05) is 11.1 Å². The quantitative estimate of drug-likeness (QED) is 0.402. The predicted octanol–water partition coefficient (Wildman–Crippen LogP) is 5.12. The Morgan fingerprint density at radius 2 is 1.93 bits per heavy atom. The molecular formula is C22H21ClN4OS. The second kappa shape index (κ2) is 8.84. The number of aromatic nitrogens is 3. The van der Waals surface area contributed by atoms with Gasteiger partial charge in [-0.05, 0) is 42.2 Å². The van der Waals surface area contributed by atoms with Crippen LogP contribution in [0.25, 0.3) is 0 Å². The minimum absolute atomic E-state index is 0.0967. The highest BCUT2D eigenvalue weighted by atomic mass is 35.5. The number of nitrogens with one attached hydrogen (secondary N) is 1. The van der Waals surface area contributed by atoms with Gasteiger partial charge in [-0.15, -0.1) is 16.8 Å². The van der Waals surface area contributed by atoms with Crippen LogP contribution in [-0.4, -0.2) is 26.4 Å².